The van der Waals surface area contributed by atoms with Crippen LogP contribution in [0, 0.1) is 21.4 Å². The van der Waals surface area contributed by atoms with Crippen LogP contribution in [0.4, 0.5) is 22.9 Å². The minimum atomic E-state index is -0.713. The van der Waals surface area contributed by atoms with Crippen LogP contribution in [0.3, 0.4) is 0 Å². The molecule has 0 aliphatic carbocycles. The number of nitrogen functional groups attached to an aromatic ring is 3. The molecule has 1 aromatic heterocycles. The highest BCUT2D eigenvalue weighted by atomic mass is 16.6. The first-order valence-electron chi connectivity index (χ1n) is 4.38. The van der Waals surface area contributed by atoms with Gasteiger partial charge in [0, 0.05) is 0 Å². The quantitative estimate of drug-likeness (QED) is 0.306. The van der Waals surface area contributed by atoms with Gasteiger partial charge in [0.25, 0.3) is 0 Å². The molecule has 9 heteroatoms. The van der Waals surface area contributed by atoms with Gasteiger partial charge in [0.05, 0.1) is 16.0 Å². The van der Waals surface area contributed by atoms with Crippen LogP contribution < -0.4 is 17.2 Å². The van der Waals surface area contributed by atoms with E-state index in [0.29, 0.717) is 0 Å². The van der Waals surface area contributed by atoms with Crippen molar-refractivity contribution in [1.29, 1.82) is 5.26 Å². The Bertz CT molecular complexity index is 681. The van der Waals surface area contributed by atoms with Crippen LogP contribution in [0.5, 0.6) is 0 Å². The molecule has 86 valence electrons. The molecule has 0 atom stereocenters. The molecular formula is C8H7N7O2. The molecule has 0 amide bonds. The summed E-state index contributed by atoms with van der Waals surface area (Å²) in [7, 11) is 0. The Hall–Kier alpha value is -3.02. The molecule has 9 nitrogen and oxygen atoms in total. The average molecular weight is 233 g/mol. The average Bonchev–Trinajstić information content (AvgIpc) is 2.61. The first-order valence-corrected chi connectivity index (χ1v) is 4.38. The molecule has 0 fully saturated rings. The second-order valence-corrected chi connectivity index (χ2v) is 3.28. The smallest absolute Gasteiger partial charge is 0.319 e. The minimum Gasteiger partial charge on any atom is -0.397 e. The highest BCUT2D eigenvalue weighted by Crippen LogP contribution is 2.40. The summed E-state index contributed by atoms with van der Waals surface area (Å²) >= 11 is 0. The number of rotatable bonds is 1. The van der Waals surface area contributed by atoms with E-state index in [9.17, 15) is 10.1 Å². The molecular weight excluding hydrogens is 226 g/mol. The lowest BCUT2D eigenvalue weighted by Crippen LogP contribution is -2.04. The summed E-state index contributed by atoms with van der Waals surface area (Å²) in [4.78, 5) is 10.2. The van der Waals surface area contributed by atoms with E-state index in [0.717, 1.165) is 0 Å². The number of nitrogens with two attached hydrogens (primary N) is 3. The lowest BCUT2D eigenvalue weighted by Gasteiger charge is -2.05. The summed E-state index contributed by atoms with van der Waals surface area (Å²) in [5.74, 6) is -0.0166. The van der Waals surface area contributed by atoms with Crippen LogP contribution >= 0.6 is 0 Å². The van der Waals surface area contributed by atoms with Gasteiger partial charge in [0.15, 0.2) is 5.82 Å². The Morgan fingerprint density at radius 1 is 1.35 bits per heavy atom. The van der Waals surface area contributed by atoms with E-state index in [1.54, 1.807) is 6.07 Å². The maximum absolute atomic E-state index is 10.9. The van der Waals surface area contributed by atoms with Crippen molar-refractivity contribution in [2.45, 2.75) is 0 Å². The number of nitro benzene ring substituents is 1. The lowest BCUT2D eigenvalue weighted by atomic mass is 10.1. The number of fused-ring (bicyclic) bond motifs is 1. The van der Waals surface area contributed by atoms with Crippen LogP contribution in [-0.4, -0.2) is 15.1 Å². The predicted octanol–water partition coefficient (Wildman–Crippen LogP) is 0.0894. The van der Waals surface area contributed by atoms with Gasteiger partial charge in [-0.3, -0.25) is 15.2 Å². The van der Waals surface area contributed by atoms with Gasteiger partial charge in [-0.1, -0.05) is 0 Å². The molecule has 0 saturated carbocycles. The molecule has 0 unspecified atom stereocenters. The van der Waals surface area contributed by atoms with E-state index < -0.39 is 10.6 Å². The summed E-state index contributed by atoms with van der Waals surface area (Å²) in [6.45, 7) is 0. The SMILES string of the molecule is N#Cc1c(N)c([N+](=O)[O-])c2[nH]nc(N)c2c1N. The number of hydrogen-bond donors (Lipinski definition) is 4. The van der Waals surface area contributed by atoms with E-state index in [1.165, 1.54) is 0 Å². The first kappa shape index (κ1) is 10.5. The fourth-order valence-corrected chi connectivity index (χ4v) is 1.63. The van der Waals surface area contributed by atoms with Crippen molar-refractivity contribution < 1.29 is 4.92 Å². The summed E-state index contributed by atoms with van der Waals surface area (Å²) < 4.78 is 0. The van der Waals surface area contributed by atoms with Crippen LogP contribution in [0.2, 0.25) is 0 Å². The van der Waals surface area contributed by atoms with Gasteiger partial charge in [-0.05, 0) is 0 Å². The lowest BCUT2D eigenvalue weighted by molar-refractivity contribution is -0.382. The van der Waals surface area contributed by atoms with Gasteiger partial charge < -0.3 is 17.2 Å². The zero-order chi connectivity index (χ0) is 12.7. The molecule has 1 aromatic carbocycles. The third kappa shape index (κ3) is 1.21. The summed E-state index contributed by atoms with van der Waals surface area (Å²) in [6.07, 6.45) is 0. The predicted molar refractivity (Wildman–Crippen MR) is 60.7 cm³/mol. The number of nitro groups is 1. The van der Waals surface area contributed by atoms with E-state index in [2.05, 4.69) is 10.2 Å². The van der Waals surface area contributed by atoms with Crippen molar-refractivity contribution in [2.24, 2.45) is 0 Å². The van der Waals surface area contributed by atoms with Gasteiger partial charge in [-0.15, -0.1) is 0 Å². The monoisotopic (exact) mass is 233 g/mol. The molecule has 2 rings (SSSR count). The van der Waals surface area contributed by atoms with Crippen LogP contribution in [0.25, 0.3) is 10.9 Å². The third-order valence-electron chi connectivity index (χ3n) is 2.39. The molecule has 0 aliphatic heterocycles. The van der Waals surface area contributed by atoms with Gasteiger partial charge in [-0.2, -0.15) is 10.4 Å². The Balaban J connectivity index is 3.10. The molecule has 0 saturated heterocycles. The minimum absolute atomic E-state index is 0.0153. The van der Waals surface area contributed by atoms with Crippen LogP contribution in [0.15, 0.2) is 0 Å². The standard InChI is InChI=1S/C8H7N7O2/c9-1-2-4(10)3-6(13-14-8(3)12)7(5(2)11)15(16)17/h10-11H2,(H3,12,13,14). The summed E-state index contributed by atoms with van der Waals surface area (Å²) in [6, 6.07) is 1.72. The highest BCUT2D eigenvalue weighted by Gasteiger charge is 2.27. The number of aromatic amines is 1. The number of nitrogens with one attached hydrogen (secondary N) is 1. The zero-order valence-corrected chi connectivity index (χ0v) is 8.39. The molecule has 0 spiro atoms. The number of nitrogens with zero attached hydrogens (tertiary/aromatic N) is 3. The Kier molecular flexibility index (Phi) is 2.00. The topological polar surface area (TPSA) is 174 Å². The van der Waals surface area contributed by atoms with Gasteiger partial charge >= 0.3 is 5.69 Å². The zero-order valence-electron chi connectivity index (χ0n) is 8.39. The van der Waals surface area contributed by atoms with Crippen molar-refractivity contribution in [3.8, 4) is 6.07 Å². The molecule has 0 aliphatic rings. The van der Waals surface area contributed by atoms with Crippen molar-refractivity contribution in [1.82, 2.24) is 10.2 Å². The number of aromatic nitrogens is 2. The number of hydrogen-bond acceptors (Lipinski definition) is 7. The molecule has 2 aromatic rings. The molecule has 7 N–H and O–H groups in total. The molecule has 1 heterocycles. The first-order chi connectivity index (χ1) is 7.99. The number of benzene rings is 1. The van der Waals surface area contributed by atoms with Gasteiger partial charge in [-0.25, -0.2) is 0 Å². The Morgan fingerprint density at radius 2 is 2.00 bits per heavy atom. The maximum atomic E-state index is 10.9. The number of nitriles is 1. The second-order valence-electron chi connectivity index (χ2n) is 3.28. The normalized spacial score (nSPS) is 10.3. The second kappa shape index (κ2) is 3.24. The summed E-state index contributed by atoms with van der Waals surface area (Å²) in [5, 5.41) is 25.9. The van der Waals surface area contributed by atoms with Crippen molar-refractivity contribution in [3.63, 3.8) is 0 Å². The molecule has 0 radical (unpaired) electrons. The fraction of sp³-hybridized carbons (Fsp3) is 0. The highest BCUT2D eigenvalue weighted by molar-refractivity contribution is 6.09. The number of H-pyrrole nitrogens is 1. The Morgan fingerprint density at radius 3 is 2.53 bits per heavy atom. The van der Waals surface area contributed by atoms with E-state index in [4.69, 9.17) is 22.5 Å². The van der Waals surface area contributed by atoms with E-state index in [-0.39, 0.29) is 33.7 Å². The molecule has 17 heavy (non-hydrogen) atoms. The van der Waals surface area contributed by atoms with Crippen molar-refractivity contribution in [2.75, 3.05) is 17.2 Å². The number of anilines is 3. The maximum Gasteiger partial charge on any atom is 0.319 e. The summed E-state index contributed by atoms with van der Waals surface area (Å²) in [5.41, 5.74) is 15.8. The van der Waals surface area contributed by atoms with Crippen LogP contribution in [0.1, 0.15) is 5.56 Å². The fourth-order valence-electron chi connectivity index (χ4n) is 1.63. The third-order valence-corrected chi connectivity index (χ3v) is 2.39. The van der Waals surface area contributed by atoms with E-state index in [1.807, 2.05) is 0 Å². The van der Waals surface area contributed by atoms with Crippen molar-refractivity contribution >= 4 is 33.8 Å². The van der Waals surface area contributed by atoms with Crippen molar-refractivity contribution in [3.05, 3.63) is 15.7 Å². The van der Waals surface area contributed by atoms with E-state index >= 15 is 0 Å². The Labute approximate surface area is 93.9 Å². The largest absolute Gasteiger partial charge is 0.397 e. The van der Waals surface area contributed by atoms with Crippen LogP contribution in [-0.2, 0) is 0 Å². The van der Waals surface area contributed by atoms with Gasteiger partial charge in [0.1, 0.15) is 22.8 Å². The van der Waals surface area contributed by atoms with Gasteiger partial charge in [0.2, 0.25) is 0 Å². The molecule has 0 bridgehead atoms.